The van der Waals surface area contributed by atoms with Crippen LogP contribution in [0, 0.1) is 0 Å². The van der Waals surface area contributed by atoms with Crippen molar-refractivity contribution in [2.45, 2.75) is 18.0 Å². The number of thioether (sulfide) groups is 1. The van der Waals surface area contributed by atoms with Crippen LogP contribution in [0.5, 0.6) is 0 Å². The molecule has 2 N–H and O–H groups in total. The van der Waals surface area contributed by atoms with E-state index in [0.717, 1.165) is 0 Å². The Balaban J connectivity index is 0.00000196. The number of alkyl halides is 3. The summed E-state index contributed by atoms with van der Waals surface area (Å²) in [5.41, 5.74) is 1.19. The molecule has 0 aromatic rings. The van der Waals surface area contributed by atoms with E-state index in [1.165, 1.54) is 4.90 Å². The third-order valence-corrected chi connectivity index (χ3v) is 2.66. The van der Waals surface area contributed by atoms with Crippen molar-refractivity contribution in [3.63, 3.8) is 0 Å². The fourth-order valence-electron chi connectivity index (χ4n) is 1.25. The van der Waals surface area contributed by atoms with Gasteiger partial charge in [-0.2, -0.15) is 13.2 Å². The van der Waals surface area contributed by atoms with E-state index >= 15 is 0 Å². The molecule has 0 radical (unpaired) electrons. The maximum absolute atomic E-state index is 11.7. The first-order chi connectivity index (χ1) is 6.38. The number of hydrogen-bond donors (Lipinski definition) is 1. The van der Waals surface area contributed by atoms with Crippen molar-refractivity contribution >= 4 is 30.1 Å². The third kappa shape index (κ3) is 5.48. The predicted molar refractivity (Wildman–Crippen MR) is 54.9 cm³/mol. The molecule has 1 heterocycles. The van der Waals surface area contributed by atoms with Crippen LogP contribution in [-0.4, -0.2) is 41.2 Å². The minimum absolute atomic E-state index is 0. The highest BCUT2D eigenvalue weighted by atomic mass is 35.5. The molecule has 1 aliphatic rings. The standard InChI is InChI=1S/C7H11F3N2OS.ClH/c8-7(9,10)14-4-6(13)12-2-1-5(11)3-12;/h5H,1-4,11H2;1H/t5-;/m1./s1. The van der Waals surface area contributed by atoms with E-state index in [0.29, 0.717) is 19.5 Å². The molecule has 0 aromatic carbocycles. The summed E-state index contributed by atoms with van der Waals surface area (Å²) < 4.78 is 35.2. The summed E-state index contributed by atoms with van der Waals surface area (Å²) in [7, 11) is 0. The van der Waals surface area contributed by atoms with Crippen LogP contribution in [0.2, 0.25) is 0 Å². The van der Waals surface area contributed by atoms with Crippen LogP contribution in [-0.2, 0) is 4.79 Å². The Morgan fingerprint density at radius 3 is 2.53 bits per heavy atom. The number of carbonyl (C=O) groups is 1. The van der Waals surface area contributed by atoms with Crippen LogP contribution in [0.25, 0.3) is 0 Å². The van der Waals surface area contributed by atoms with E-state index in [1.807, 2.05) is 0 Å². The lowest BCUT2D eigenvalue weighted by molar-refractivity contribution is -0.127. The summed E-state index contributed by atoms with van der Waals surface area (Å²) in [6, 6.07) is -0.0881. The van der Waals surface area contributed by atoms with E-state index in [-0.39, 0.29) is 30.2 Å². The van der Waals surface area contributed by atoms with Crippen molar-refractivity contribution in [1.29, 1.82) is 0 Å². The molecule has 1 fully saturated rings. The normalized spacial score (nSPS) is 21.3. The van der Waals surface area contributed by atoms with Crippen LogP contribution in [0.4, 0.5) is 13.2 Å². The average Bonchev–Trinajstić information content (AvgIpc) is 2.46. The smallest absolute Gasteiger partial charge is 0.340 e. The number of nitrogens with two attached hydrogens (primary N) is 1. The Morgan fingerprint density at radius 2 is 2.13 bits per heavy atom. The number of likely N-dealkylation sites (tertiary alicyclic amines) is 1. The van der Waals surface area contributed by atoms with Crippen LogP contribution in [0.15, 0.2) is 0 Å². The second-order valence-corrected chi connectivity index (χ2v) is 4.16. The van der Waals surface area contributed by atoms with Crippen LogP contribution < -0.4 is 5.73 Å². The lowest BCUT2D eigenvalue weighted by atomic mass is 10.3. The Hall–Kier alpha value is -0.140. The van der Waals surface area contributed by atoms with Gasteiger partial charge in [-0.05, 0) is 18.2 Å². The molecule has 15 heavy (non-hydrogen) atoms. The number of carbonyl (C=O) groups excluding carboxylic acids is 1. The molecule has 1 saturated heterocycles. The Morgan fingerprint density at radius 1 is 1.53 bits per heavy atom. The topological polar surface area (TPSA) is 46.3 Å². The first kappa shape index (κ1) is 14.9. The van der Waals surface area contributed by atoms with Gasteiger partial charge in [-0.1, -0.05) is 0 Å². The maximum Gasteiger partial charge on any atom is 0.442 e. The Bertz CT molecular complexity index is 227. The molecule has 8 heteroatoms. The van der Waals surface area contributed by atoms with Crippen molar-refractivity contribution < 1.29 is 18.0 Å². The molecule has 0 bridgehead atoms. The van der Waals surface area contributed by atoms with Crippen molar-refractivity contribution in [2.75, 3.05) is 18.8 Å². The first-order valence-electron chi connectivity index (χ1n) is 4.12. The van der Waals surface area contributed by atoms with Gasteiger partial charge in [-0.3, -0.25) is 4.79 Å². The van der Waals surface area contributed by atoms with Gasteiger partial charge in [-0.15, -0.1) is 12.4 Å². The van der Waals surface area contributed by atoms with Crippen molar-refractivity contribution in [1.82, 2.24) is 4.90 Å². The van der Waals surface area contributed by atoms with Gasteiger partial charge in [0.2, 0.25) is 5.91 Å². The van der Waals surface area contributed by atoms with E-state index < -0.39 is 17.2 Å². The predicted octanol–water partition coefficient (Wildman–Crippen LogP) is 1.22. The summed E-state index contributed by atoms with van der Waals surface area (Å²) in [6.45, 7) is 0.843. The SMILES string of the molecule is Cl.N[C@@H]1CCN(C(=O)CSC(F)(F)F)C1. The van der Waals surface area contributed by atoms with E-state index in [4.69, 9.17) is 5.73 Å². The van der Waals surface area contributed by atoms with Crippen LogP contribution >= 0.6 is 24.2 Å². The van der Waals surface area contributed by atoms with Crippen molar-refractivity contribution in [3.05, 3.63) is 0 Å². The van der Waals surface area contributed by atoms with Gasteiger partial charge in [0.05, 0.1) is 5.75 Å². The molecule has 0 aliphatic carbocycles. The molecule has 1 amide bonds. The average molecular weight is 265 g/mol. The van der Waals surface area contributed by atoms with Crippen LogP contribution in [0.3, 0.4) is 0 Å². The molecular formula is C7H12ClF3N2OS. The summed E-state index contributed by atoms with van der Waals surface area (Å²) in [4.78, 5) is 12.6. The zero-order valence-corrected chi connectivity index (χ0v) is 9.42. The highest BCUT2D eigenvalue weighted by Crippen LogP contribution is 2.30. The number of rotatable bonds is 2. The van der Waals surface area contributed by atoms with Gasteiger partial charge < -0.3 is 10.6 Å². The first-order valence-corrected chi connectivity index (χ1v) is 5.11. The summed E-state index contributed by atoms with van der Waals surface area (Å²) in [5, 5.41) is 0. The summed E-state index contributed by atoms with van der Waals surface area (Å²) in [5.74, 6) is -1.03. The Labute approximate surface area is 96.0 Å². The van der Waals surface area contributed by atoms with Crippen LogP contribution in [0.1, 0.15) is 6.42 Å². The van der Waals surface area contributed by atoms with Gasteiger partial charge in [0.25, 0.3) is 0 Å². The lowest BCUT2D eigenvalue weighted by Gasteiger charge is -2.15. The van der Waals surface area contributed by atoms with Gasteiger partial charge in [-0.25, -0.2) is 0 Å². The van der Waals surface area contributed by atoms with E-state index in [1.54, 1.807) is 0 Å². The van der Waals surface area contributed by atoms with Gasteiger partial charge in [0.15, 0.2) is 0 Å². The zero-order chi connectivity index (χ0) is 10.8. The van der Waals surface area contributed by atoms with Gasteiger partial charge in [0, 0.05) is 19.1 Å². The number of nitrogens with zero attached hydrogens (tertiary/aromatic N) is 1. The van der Waals surface area contributed by atoms with Gasteiger partial charge in [0.1, 0.15) is 0 Å². The third-order valence-electron chi connectivity index (χ3n) is 1.94. The molecule has 1 aliphatic heterocycles. The minimum atomic E-state index is -4.34. The summed E-state index contributed by atoms with van der Waals surface area (Å²) in [6.07, 6.45) is 0.669. The van der Waals surface area contributed by atoms with Gasteiger partial charge >= 0.3 is 5.51 Å². The fourth-order valence-corrected chi connectivity index (χ4v) is 1.72. The number of amides is 1. The molecule has 1 rings (SSSR count). The largest absolute Gasteiger partial charge is 0.442 e. The second-order valence-electron chi connectivity index (χ2n) is 3.12. The molecule has 90 valence electrons. The minimum Gasteiger partial charge on any atom is -0.340 e. The zero-order valence-electron chi connectivity index (χ0n) is 7.79. The maximum atomic E-state index is 11.7. The highest BCUT2D eigenvalue weighted by molar-refractivity contribution is 8.00. The second kappa shape index (κ2) is 5.81. The van der Waals surface area contributed by atoms with E-state index in [2.05, 4.69) is 0 Å². The molecule has 0 spiro atoms. The highest BCUT2D eigenvalue weighted by Gasteiger charge is 2.31. The van der Waals surface area contributed by atoms with Crippen molar-refractivity contribution in [2.24, 2.45) is 5.73 Å². The summed E-state index contributed by atoms with van der Waals surface area (Å²) >= 11 is -0.302. The van der Waals surface area contributed by atoms with Crippen molar-refractivity contribution in [3.8, 4) is 0 Å². The fraction of sp³-hybridized carbons (Fsp3) is 0.857. The molecule has 0 saturated carbocycles. The lowest BCUT2D eigenvalue weighted by Crippen LogP contribution is -2.33. The quantitative estimate of drug-likeness (QED) is 0.816. The molecular weight excluding hydrogens is 253 g/mol. The number of halogens is 4. The van der Waals surface area contributed by atoms with E-state index in [9.17, 15) is 18.0 Å². The molecule has 1 atom stereocenters. The molecule has 0 unspecified atom stereocenters. The molecule has 0 aromatic heterocycles. The Kier molecular flexibility index (Phi) is 5.76. The monoisotopic (exact) mass is 264 g/mol. The number of hydrogen-bond acceptors (Lipinski definition) is 3. The molecule has 3 nitrogen and oxygen atoms in total.